The second-order valence-electron chi connectivity index (χ2n) is 3.14. The van der Waals surface area contributed by atoms with Gasteiger partial charge in [0.05, 0.1) is 0 Å². The lowest BCUT2D eigenvalue weighted by molar-refractivity contribution is -0.120. The Morgan fingerprint density at radius 1 is 1.50 bits per heavy atom. The number of halogens is 1. The number of ether oxygens (including phenoxy) is 1. The van der Waals surface area contributed by atoms with Crippen LogP contribution in [-0.2, 0) is 13.8 Å². The SMILES string of the molecule is Cc1ccc(OCC(N)=O)c(S(=O)(=O)Cl)c1. The van der Waals surface area contributed by atoms with Crippen molar-refractivity contribution in [1.29, 1.82) is 0 Å². The van der Waals surface area contributed by atoms with Crippen LogP contribution in [0, 0.1) is 6.92 Å². The highest BCUT2D eigenvalue weighted by Crippen LogP contribution is 2.27. The summed E-state index contributed by atoms with van der Waals surface area (Å²) in [5, 5.41) is 0. The van der Waals surface area contributed by atoms with Crippen molar-refractivity contribution in [3.05, 3.63) is 23.8 Å². The summed E-state index contributed by atoms with van der Waals surface area (Å²) in [6.07, 6.45) is 0. The van der Waals surface area contributed by atoms with Crippen LogP contribution in [0.25, 0.3) is 0 Å². The maximum Gasteiger partial charge on any atom is 0.264 e. The van der Waals surface area contributed by atoms with Crippen LogP contribution in [0.5, 0.6) is 5.75 Å². The van der Waals surface area contributed by atoms with Gasteiger partial charge < -0.3 is 10.5 Å². The summed E-state index contributed by atoms with van der Waals surface area (Å²) in [5.74, 6) is -0.683. The van der Waals surface area contributed by atoms with Gasteiger partial charge in [0, 0.05) is 10.7 Å². The molecule has 7 heteroatoms. The summed E-state index contributed by atoms with van der Waals surface area (Å²) in [4.78, 5) is 10.3. The van der Waals surface area contributed by atoms with Crippen LogP contribution in [0.1, 0.15) is 5.56 Å². The highest BCUT2D eigenvalue weighted by Gasteiger charge is 2.17. The third-order valence-corrected chi connectivity index (χ3v) is 3.07. The van der Waals surface area contributed by atoms with E-state index in [-0.39, 0.29) is 10.6 Å². The molecule has 0 saturated heterocycles. The Morgan fingerprint density at radius 2 is 2.12 bits per heavy atom. The third kappa shape index (κ3) is 3.39. The van der Waals surface area contributed by atoms with Gasteiger partial charge in [0.1, 0.15) is 10.6 Å². The Bertz CT molecular complexity index is 512. The van der Waals surface area contributed by atoms with Crippen LogP contribution >= 0.6 is 10.7 Å². The van der Waals surface area contributed by atoms with Gasteiger partial charge in [-0.25, -0.2) is 8.42 Å². The molecule has 0 bridgehead atoms. The molecule has 16 heavy (non-hydrogen) atoms. The van der Waals surface area contributed by atoms with E-state index in [1.807, 2.05) is 0 Å². The summed E-state index contributed by atoms with van der Waals surface area (Å²) >= 11 is 0. The van der Waals surface area contributed by atoms with E-state index in [2.05, 4.69) is 0 Å². The van der Waals surface area contributed by atoms with Gasteiger partial charge in [0.2, 0.25) is 0 Å². The fourth-order valence-electron chi connectivity index (χ4n) is 1.07. The van der Waals surface area contributed by atoms with Crippen LogP contribution in [0.4, 0.5) is 0 Å². The van der Waals surface area contributed by atoms with E-state index in [9.17, 15) is 13.2 Å². The van der Waals surface area contributed by atoms with Crippen molar-refractivity contribution in [3.63, 3.8) is 0 Å². The molecule has 0 aliphatic carbocycles. The van der Waals surface area contributed by atoms with Crippen molar-refractivity contribution in [2.45, 2.75) is 11.8 Å². The van der Waals surface area contributed by atoms with E-state index in [0.29, 0.717) is 5.56 Å². The topological polar surface area (TPSA) is 86.5 Å². The number of primary amides is 1. The third-order valence-electron chi connectivity index (χ3n) is 1.73. The van der Waals surface area contributed by atoms with E-state index in [1.165, 1.54) is 12.1 Å². The smallest absolute Gasteiger partial charge is 0.264 e. The zero-order valence-electron chi connectivity index (χ0n) is 8.44. The second-order valence-corrected chi connectivity index (χ2v) is 5.68. The van der Waals surface area contributed by atoms with Gasteiger partial charge in [-0.2, -0.15) is 0 Å². The molecule has 0 heterocycles. The minimum Gasteiger partial charge on any atom is -0.482 e. The molecular weight excluding hydrogens is 254 g/mol. The van der Waals surface area contributed by atoms with Crippen molar-refractivity contribution in [1.82, 2.24) is 0 Å². The lowest BCUT2D eigenvalue weighted by Crippen LogP contribution is -2.20. The first-order valence-electron chi connectivity index (χ1n) is 4.27. The van der Waals surface area contributed by atoms with E-state index in [1.54, 1.807) is 13.0 Å². The number of aryl methyl sites for hydroxylation is 1. The number of hydrogen-bond donors (Lipinski definition) is 1. The van der Waals surface area contributed by atoms with Crippen LogP contribution in [0.3, 0.4) is 0 Å². The molecular formula is C9H10ClNO4S. The van der Waals surface area contributed by atoms with E-state index in [4.69, 9.17) is 21.2 Å². The van der Waals surface area contributed by atoms with Crippen molar-refractivity contribution in [2.24, 2.45) is 5.73 Å². The summed E-state index contributed by atoms with van der Waals surface area (Å²) in [6, 6.07) is 4.42. The molecule has 88 valence electrons. The molecule has 0 atom stereocenters. The minimum atomic E-state index is -3.91. The van der Waals surface area contributed by atoms with Gasteiger partial charge in [-0.15, -0.1) is 0 Å². The summed E-state index contributed by atoms with van der Waals surface area (Å²) in [5.41, 5.74) is 5.60. The summed E-state index contributed by atoms with van der Waals surface area (Å²) in [7, 11) is 1.32. The van der Waals surface area contributed by atoms with Crippen molar-refractivity contribution < 1.29 is 17.9 Å². The Hall–Kier alpha value is -1.27. The number of benzene rings is 1. The Kier molecular flexibility index (Phi) is 3.77. The molecule has 5 nitrogen and oxygen atoms in total. The maximum absolute atomic E-state index is 11.2. The molecule has 1 rings (SSSR count). The summed E-state index contributed by atoms with van der Waals surface area (Å²) in [6.45, 7) is 1.31. The number of carbonyl (C=O) groups is 1. The number of nitrogens with two attached hydrogens (primary N) is 1. The fourth-order valence-corrected chi connectivity index (χ4v) is 2.13. The molecule has 1 amide bonds. The lowest BCUT2D eigenvalue weighted by Gasteiger charge is -2.08. The second kappa shape index (κ2) is 4.71. The fraction of sp³-hybridized carbons (Fsp3) is 0.222. The highest BCUT2D eigenvalue weighted by atomic mass is 35.7. The number of rotatable bonds is 4. The predicted octanol–water partition coefficient (Wildman–Crippen LogP) is 0.787. The quantitative estimate of drug-likeness (QED) is 0.814. The normalized spacial score (nSPS) is 11.1. The van der Waals surface area contributed by atoms with Gasteiger partial charge in [0.25, 0.3) is 15.0 Å². The molecule has 0 aliphatic rings. The Morgan fingerprint density at radius 3 is 2.62 bits per heavy atom. The van der Waals surface area contributed by atoms with Gasteiger partial charge in [-0.05, 0) is 24.6 Å². The Balaban J connectivity index is 3.13. The standard InChI is InChI=1S/C9H10ClNO4S/c1-6-2-3-7(15-5-9(11)12)8(4-6)16(10,13)14/h2-4H,5H2,1H3,(H2,11,12). The largest absolute Gasteiger partial charge is 0.482 e. The number of amides is 1. The molecule has 0 aliphatic heterocycles. The van der Waals surface area contributed by atoms with Gasteiger partial charge in [0.15, 0.2) is 6.61 Å². The molecule has 0 fully saturated rings. The zero-order chi connectivity index (χ0) is 12.3. The highest BCUT2D eigenvalue weighted by molar-refractivity contribution is 8.13. The molecule has 0 spiro atoms. The first-order valence-corrected chi connectivity index (χ1v) is 6.58. The van der Waals surface area contributed by atoms with Crippen LogP contribution < -0.4 is 10.5 Å². The lowest BCUT2D eigenvalue weighted by atomic mass is 10.2. The molecule has 1 aromatic carbocycles. The van der Waals surface area contributed by atoms with Crippen molar-refractivity contribution in [2.75, 3.05) is 6.61 Å². The maximum atomic E-state index is 11.2. The van der Waals surface area contributed by atoms with Gasteiger partial charge >= 0.3 is 0 Å². The first-order chi connectivity index (χ1) is 7.30. The average Bonchev–Trinajstić information content (AvgIpc) is 2.14. The van der Waals surface area contributed by atoms with Crippen LogP contribution in [0.2, 0.25) is 0 Å². The van der Waals surface area contributed by atoms with Crippen molar-refractivity contribution >= 4 is 25.6 Å². The minimum absolute atomic E-state index is 0.0133. The first kappa shape index (κ1) is 12.8. The van der Waals surface area contributed by atoms with Crippen LogP contribution in [0.15, 0.2) is 23.1 Å². The van der Waals surface area contributed by atoms with Gasteiger partial charge in [-0.3, -0.25) is 4.79 Å². The van der Waals surface area contributed by atoms with E-state index < -0.39 is 21.6 Å². The zero-order valence-corrected chi connectivity index (χ0v) is 10.0. The average molecular weight is 264 g/mol. The molecule has 0 unspecified atom stereocenters. The molecule has 0 saturated carbocycles. The molecule has 2 N–H and O–H groups in total. The Labute approximate surface area is 97.6 Å². The van der Waals surface area contributed by atoms with E-state index in [0.717, 1.165) is 0 Å². The van der Waals surface area contributed by atoms with E-state index >= 15 is 0 Å². The predicted molar refractivity (Wildman–Crippen MR) is 58.9 cm³/mol. The van der Waals surface area contributed by atoms with Crippen molar-refractivity contribution in [3.8, 4) is 5.75 Å². The van der Waals surface area contributed by atoms with Gasteiger partial charge in [-0.1, -0.05) is 6.07 Å². The summed E-state index contributed by atoms with van der Waals surface area (Å²) < 4.78 is 27.4. The molecule has 0 radical (unpaired) electrons. The van der Waals surface area contributed by atoms with Crippen LogP contribution in [-0.4, -0.2) is 20.9 Å². The number of carbonyl (C=O) groups excluding carboxylic acids is 1. The monoisotopic (exact) mass is 263 g/mol. The molecule has 1 aromatic rings. The molecule has 0 aromatic heterocycles. The number of hydrogen-bond acceptors (Lipinski definition) is 4.